The fourth-order valence-corrected chi connectivity index (χ4v) is 4.34. The Morgan fingerprint density at radius 3 is 2.59 bits per heavy atom. The van der Waals surface area contributed by atoms with Gasteiger partial charge in [-0.15, -0.1) is 0 Å². The number of aliphatic hydroxyl groups excluding tert-OH is 1. The molecule has 1 saturated carbocycles. The fourth-order valence-electron chi connectivity index (χ4n) is 4.34. The van der Waals surface area contributed by atoms with Gasteiger partial charge in [-0.3, -0.25) is 4.79 Å². The maximum Gasteiger partial charge on any atom is 0.396 e. The SMILES string of the molecule is NC(=O)c1cc(-n2ccnc2)cc2ccn(C3CCC(OCC(CO)C(F)(F)F)CC3)c12. The molecular weight excluding hydrogens is 425 g/mol. The van der Waals surface area contributed by atoms with Gasteiger partial charge in [-0.1, -0.05) is 0 Å². The van der Waals surface area contributed by atoms with E-state index in [1.165, 1.54) is 0 Å². The second-order valence-corrected chi connectivity index (χ2v) is 8.17. The highest BCUT2D eigenvalue weighted by Crippen LogP contribution is 2.36. The van der Waals surface area contributed by atoms with Gasteiger partial charge in [0, 0.05) is 35.7 Å². The number of aliphatic hydroxyl groups is 1. The smallest absolute Gasteiger partial charge is 0.396 e. The Balaban J connectivity index is 1.50. The molecular formula is C22H25F3N4O3. The van der Waals surface area contributed by atoms with Gasteiger partial charge >= 0.3 is 6.18 Å². The molecule has 1 aromatic carbocycles. The molecule has 0 bridgehead atoms. The van der Waals surface area contributed by atoms with Crippen LogP contribution < -0.4 is 5.73 Å². The predicted molar refractivity (Wildman–Crippen MR) is 111 cm³/mol. The summed E-state index contributed by atoms with van der Waals surface area (Å²) in [6.07, 6.45) is 4.83. The minimum absolute atomic E-state index is 0.0841. The molecule has 4 rings (SSSR count). The minimum Gasteiger partial charge on any atom is -0.396 e. The lowest BCUT2D eigenvalue weighted by atomic mass is 9.92. The summed E-state index contributed by atoms with van der Waals surface area (Å²) in [4.78, 5) is 16.3. The van der Waals surface area contributed by atoms with Crippen LogP contribution in [-0.4, -0.2) is 50.6 Å². The van der Waals surface area contributed by atoms with Gasteiger partial charge < -0.3 is 24.7 Å². The molecule has 0 aliphatic heterocycles. The summed E-state index contributed by atoms with van der Waals surface area (Å²) in [6.45, 7) is -1.52. The van der Waals surface area contributed by atoms with Crippen molar-refractivity contribution < 1.29 is 27.8 Å². The molecule has 10 heteroatoms. The van der Waals surface area contributed by atoms with Crippen LogP contribution in [0.3, 0.4) is 0 Å². The van der Waals surface area contributed by atoms with Crippen LogP contribution in [0.1, 0.15) is 42.1 Å². The molecule has 3 N–H and O–H groups in total. The number of carbonyl (C=O) groups is 1. The Bertz CT molecular complexity index is 1070. The molecule has 1 fully saturated rings. The highest BCUT2D eigenvalue weighted by atomic mass is 19.4. The van der Waals surface area contributed by atoms with Crippen molar-refractivity contribution in [1.82, 2.24) is 14.1 Å². The molecule has 7 nitrogen and oxygen atoms in total. The summed E-state index contributed by atoms with van der Waals surface area (Å²) in [6, 6.07) is 5.71. The third kappa shape index (κ3) is 4.51. The van der Waals surface area contributed by atoms with Gasteiger partial charge in [0.1, 0.15) is 5.92 Å². The Kier molecular flexibility index (Phi) is 6.25. The Hall–Kier alpha value is -2.85. The van der Waals surface area contributed by atoms with Crippen LogP contribution in [0.5, 0.6) is 0 Å². The van der Waals surface area contributed by atoms with Crippen molar-refractivity contribution in [3.05, 3.63) is 48.7 Å². The lowest BCUT2D eigenvalue weighted by Crippen LogP contribution is -2.33. The van der Waals surface area contributed by atoms with E-state index < -0.39 is 31.2 Å². The third-order valence-electron chi connectivity index (χ3n) is 6.12. The summed E-state index contributed by atoms with van der Waals surface area (Å²) in [5, 5.41) is 9.84. The number of aromatic nitrogens is 3. The van der Waals surface area contributed by atoms with Crippen LogP contribution in [0.2, 0.25) is 0 Å². The van der Waals surface area contributed by atoms with Gasteiger partial charge in [0.05, 0.1) is 36.7 Å². The number of ether oxygens (including phenoxy) is 1. The number of nitrogens with two attached hydrogens (primary N) is 1. The van der Waals surface area contributed by atoms with Crippen molar-refractivity contribution in [3.8, 4) is 5.69 Å². The van der Waals surface area contributed by atoms with E-state index in [0.29, 0.717) is 31.2 Å². The summed E-state index contributed by atoms with van der Waals surface area (Å²) in [5.41, 5.74) is 7.63. The van der Waals surface area contributed by atoms with Gasteiger partial charge in [-0.25, -0.2) is 4.98 Å². The number of hydrogen-bond donors (Lipinski definition) is 2. The number of alkyl halides is 3. The Labute approximate surface area is 182 Å². The number of rotatable bonds is 7. The van der Waals surface area contributed by atoms with E-state index in [0.717, 1.165) is 16.6 Å². The van der Waals surface area contributed by atoms with Crippen molar-refractivity contribution in [3.63, 3.8) is 0 Å². The first-order chi connectivity index (χ1) is 15.3. The first kappa shape index (κ1) is 22.3. The van der Waals surface area contributed by atoms with E-state index in [1.54, 1.807) is 29.4 Å². The summed E-state index contributed by atoms with van der Waals surface area (Å²) in [7, 11) is 0. The first-order valence-electron chi connectivity index (χ1n) is 10.5. The van der Waals surface area contributed by atoms with Gasteiger partial charge in [-0.05, 0) is 43.9 Å². The molecule has 0 saturated heterocycles. The van der Waals surface area contributed by atoms with Crippen LogP contribution in [0.15, 0.2) is 43.1 Å². The molecule has 0 radical (unpaired) electrons. The molecule has 0 spiro atoms. The average molecular weight is 450 g/mol. The molecule has 32 heavy (non-hydrogen) atoms. The van der Waals surface area contributed by atoms with E-state index in [1.807, 2.05) is 22.9 Å². The van der Waals surface area contributed by atoms with E-state index >= 15 is 0 Å². The number of carbonyl (C=O) groups excluding carboxylic acids is 1. The molecule has 172 valence electrons. The number of nitrogens with zero attached hydrogens (tertiary/aromatic N) is 3. The fraction of sp³-hybridized carbons (Fsp3) is 0.455. The standard InChI is InChI=1S/C22H25F3N4O3/c23-22(24,25)15(11-30)12-32-18-3-1-16(2-4-18)29-7-5-14-9-17(28-8-6-27-13-28)10-19(20(14)29)21(26)31/h5-10,13,15-16,18,30H,1-4,11-12H2,(H2,26,31). The van der Waals surface area contributed by atoms with Crippen LogP contribution in [-0.2, 0) is 4.74 Å². The number of primary amides is 1. The maximum atomic E-state index is 12.8. The van der Waals surface area contributed by atoms with Crippen LogP contribution in [0, 0.1) is 5.92 Å². The van der Waals surface area contributed by atoms with E-state index in [4.69, 9.17) is 15.6 Å². The van der Waals surface area contributed by atoms with Crippen molar-refractivity contribution in [1.29, 1.82) is 0 Å². The number of hydrogen-bond acceptors (Lipinski definition) is 4. The van der Waals surface area contributed by atoms with Crippen molar-refractivity contribution >= 4 is 16.8 Å². The van der Waals surface area contributed by atoms with Crippen LogP contribution in [0.4, 0.5) is 13.2 Å². The summed E-state index contributed by atoms with van der Waals surface area (Å²) in [5.74, 6) is -2.40. The highest BCUT2D eigenvalue weighted by Gasteiger charge is 2.40. The largest absolute Gasteiger partial charge is 0.396 e. The third-order valence-corrected chi connectivity index (χ3v) is 6.12. The molecule has 3 aromatic rings. The van der Waals surface area contributed by atoms with E-state index in [2.05, 4.69) is 4.98 Å². The molecule has 1 amide bonds. The second kappa shape index (κ2) is 8.95. The van der Waals surface area contributed by atoms with Crippen molar-refractivity contribution in [2.75, 3.05) is 13.2 Å². The zero-order chi connectivity index (χ0) is 22.9. The quantitative estimate of drug-likeness (QED) is 0.575. The molecule has 1 unspecified atom stereocenters. The van der Waals surface area contributed by atoms with Gasteiger partial charge in [0.25, 0.3) is 5.91 Å². The number of benzene rings is 1. The van der Waals surface area contributed by atoms with Gasteiger partial charge in [0.15, 0.2) is 0 Å². The first-order valence-corrected chi connectivity index (χ1v) is 10.5. The normalized spacial score (nSPS) is 20.5. The lowest BCUT2D eigenvalue weighted by Gasteiger charge is -2.31. The monoisotopic (exact) mass is 450 g/mol. The number of fused-ring (bicyclic) bond motifs is 1. The predicted octanol–water partition coefficient (Wildman–Crippen LogP) is 3.60. The molecule has 2 heterocycles. The second-order valence-electron chi connectivity index (χ2n) is 8.17. The van der Waals surface area contributed by atoms with E-state index in [9.17, 15) is 18.0 Å². The maximum absolute atomic E-state index is 12.8. The van der Waals surface area contributed by atoms with Crippen molar-refractivity contribution in [2.24, 2.45) is 11.7 Å². The molecule has 1 atom stereocenters. The Morgan fingerprint density at radius 2 is 2.00 bits per heavy atom. The minimum atomic E-state index is -4.48. The zero-order valence-electron chi connectivity index (χ0n) is 17.3. The van der Waals surface area contributed by atoms with Gasteiger partial charge in [0.2, 0.25) is 0 Å². The number of amides is 1. The molecule has 1 aliphatic carbocycles. The summed E-state index contributed by atoms with van der Waals surface area (Å²) >= 11 is 0. The number of imidazole rings is 1. The molecule has 2 aromatic heterocycles. The van der Waals surface area contributed by atoms with Crippen LogP contribution in [0.25, 0.3) is 16.6 Å². The molecule has 1 aliphatic rings. The average Bonchev–Trinajstić information content (AvgIpc) is 3.43. The van der Waals surface area contributed by atoms with Gasteiger partial charge in [-0.2, -0.15) is 13.2 Å². The zero-order valence-corrected chi connectivity index (χ0v) is 17.3. The highest BCUT2D eigenvalue weighted by molar-refractivity contribution is 6.06. The Morgan fingerprint density at radius 1 is 1.25 bits per heavy atom. The number of halogens is 3. The van der Waals surface area contributed by atoms with E-state index in [-0.39, 0.29) is 12.1 Å². The van der Waals surface area contributed by atoms with Crippen LogP contribution >= 0.6 is 0 Å². The summed E-state index contributed by atoms with van der Waals surface area (Å²) < 4.78 is 47.7. The van der Waals surface area contributed by atoms with Crippen molar-refractivity contribution in [2.45, 2.75) is 44.0 Å². The topological polar surface area (TPSA) is 95.3 Å². The lowest BCUT2D eigenvalue weighted by molar-refractivity contribution is -0.202.